The van der Waals surface area contributed by atoms with E-state index in [1.807, 2.05) is 35.6 Å². The van der Waals surface area contributed by atoms with Crippen molar-refractivity contribution >= 4 is 18.1 Å². The monoisotopic (exact) mass is 258 g/mol. The summed E-state index contributed by atoms with van der Waals surface area (Å²) in [7, 11) is 0. The lowest BCUT2D eigenvalue weighted by atomic mass is 10.0. The van der Waals surface area contributed by atoms with E-state index in [1.165, 1.54) is 0 Å². The number of nitrogens with zero attached hydrogens (tertiary/aromatic N) is 2. The van der Waals surface area contributed by atoms with E-state index in [1.54, 1.807) is 4.90 Å². The van der Waals surface area contributed by atoms with E-state index >= 15 is 0 Å². The molecule has 5 heteroatoms. The van der Waals surface area contributed by atoms with Gasteiger partial charge in [0, 0.05) is 31.4 Å². The topological polar surface area (TPSA) is 52.7 Å². The van der Waals surface area contributed by atoms with Crippen LogP contribution in [0.25, 0.3) is 0 Å². The highest BCUT2D eigenvalue weighted by Crippen LogP contribution is 2.27. The number of anilines is 1. The first kappa shape index (κ1) is 12.0. The van der Waals surface area contributed by atoms with Gasteiger partial charge >= 0.3 is 12.4 Å². The van der Waals surface area contributed by atoms with Crippen LogP contribution in [0.1, 0.15) is 18.4 Å². The summed E-state index contributed by atoms with van der Waals surface area (Å²) in [5, 5.41) is 2.93. The van der Waals surface area contributed by atoms with Crippen molar-refractivity contribution < 1.29 is 9.59 Å². The molecule has 2 heterocycles. The predicted octanol–water partition coefficient (Wildman–Crippen LogP) is 1.57. The molecule has 1 saturated heterocycles. The second-order valence-corrected chi connectivity index (χ2v) is 5.02. The van der Waals surface area contributed by atoms with Gasteiger partial charge < -0.3 is 15.1 Å². The SMILES string of the molecule is O=[C]N1CCC(N2Cc3ccccc3NC2=O)CC1. The molecule has 3 amide bonds. The first-order valence-corrected chi connectivity index (χ1v) is 6.56. The number of para-hydroxylation sites is 1. The summed E-state index contributed by atoms with van der Waals surface area (Å²) in [5.41, 5.74) is 2.05. The number of rotatable bonds is 2. The smallest absolute Gasteiger partial charge is 0.322 e. The van der Waals surface area contributed by atoms with Gasteiger partial charge in [-0.3, -0.25) is 4.79 Å². The molecular formula is C14H16N3O2. The largest absolute Gasteiger partial charge is 0.334 e. The van der Waals surface area contributed by atoms with E-state index in [0.717, 1.165) is 24.1 Å². The van der Waals surface area contributed by atoms with E-state index in [0.29, 0.717) is 19.6 Å². The Kier molecular flexibility index (Phi) is 3.11. The molecule has 1 N–H and O–H groups in total. The molecule has 0 bridgehead atoms. The Morgan fingerprint density at radius 1 is 1.21 bits per heavy atom. The van der Waals surface area contributed by atoms with Crippen molar-refractivity contribution in [2.75, 3.05) is 18.4 Å². The van der Waals surface area contributed by atoms with Gasteiger partial charge in [0.05, 0.1) is 0 Å². The standard InChI is InChI=1S/C14H16N3O2/c18-10-16-7-5-12(6-8-16)17-9-11-3-1-2-4-13(11)15-14(17)19/h1-4,12H,5-9H2,(H,15,19). The lowest BCUT2D eigenvalue weighted by molar-refractivity contribution is 0.145. The van der Waals surface area contributed by atoms with Gasteiger partial charge in [-0.05, 0) is 24.5 Å². The molecule has 1 fully saturated rings. The number of carbonyl (C=O) groups is 1. The first-order valence-electron chi connectivity index (χ1n) is 6.56. The van der Waals surface area contributed by atoms with Gasteiger partial charge in [0.15, 0.2) is 0 Å². The Morgan fingerprint density at radius 2 is 1.95 bits per heavy atom. The van der Waals surface area contributed by atoms with Gasteiger partial charge in [-0.1, -0.05) is 18.2 Å². The summed E-state index contributed by atoms with van der Waals surface area (Å²) < 4.78 is 0. The molecule has 3 rings (SSSR count). The molecule has 0 atom stereocenters. The lowest BCUT2D eigenvalue weighted by Crippen LogP contribution is -2.49. The highest BCUT2D eigenvalue weighted by Gasteiger charge is 2.31. The Morgan fingerprint density at radius 3 is 2.68 bits per heavy atom. The third-order valence-electron chi connectivity index (χ3n) is 3.89. The van der Waals surface area contributed by atoms with Crippen LogP contribution in [0, 0.1) is 0 Å². The fourth-order valence-electron chi connectivity index (χ4n) is 2.79. The lowest BCUT2D eigenvalue weighted by Gasteiger charge is -2.39. The number of piperidine rings is 1. The highest BCUT2D eigenvalue weighted by molar-refractivity contribution is 5.92. The predicted molar refractivity (Wildman–Crippen MR) is 71.3 cm³/mol. The first-order chi connectivity index (χ1) is 9.28. The van der Waals surface area contributed by atoms with Gasteiger partial charge in [-0.15, -0.1) is 0 Å². The van der Waals surface area contributed by atoms with E-state index in [4.69, 9.17) is 0 Å². The molecule has 5 nitrogen and oxygen atoms in total. The zero-order valence-electron chi connectivity index (χ0n) is 10.6. The Balaban J connectivity index is 1.73. The number of benzene rings is 1. The van der Waals surface area contributed by atoms with Crippen LogP contribution in [0.15, 0.2) is 24.3 Å². The van der Waals surface area contributed by atoms with Crippen LogP contribution < -0.4 is 5.32 Å². The van der Waals surface area contributed by atoms with E-state index in [2.05, 4.69) is 5.32 Å². The van der Waals surface area contributed by atoms with Crippen LogP contribution in [0.3, 0.4) is 0 Å². The molecule has 1 aromatic rings. The quantitative estimate of drug-likeness (QED) is 0.875. The minimum Gasteiger partial charge on any atom is -0.334 e. The molecule has 1 radical (unpaired) electrons. The van der Waals surface area contributed by atoms with Crippen molar-refractivity contribution in [3.8, 4) is 0 Å². The normalized spacial score (nSPS) is 19.9. The highest BCUT2D eigenvalue weighted by atomic mass is 16.2. The third kappa shape index (κ3) is 2.28. The van der Waals surface area contributed by atoms with E-state index in [9.17, 15) is 9.59 Å². The zero-order valence-corrected chi connectivity index (χ0v) is 10.6. The number of fused-ring (bicyclic) bond motifs is 1. The van der Waals surface area contributed by atoms with Crippen molar-refractivity contribution in [2.45, 2.75) is 25.4 Å². The number of hydrogen-bond donors (Lipinski definition) is 1. The third-order valence-corrected chi connectivity index (χ3v) is 3.89. The molecule has 0 aromatic heterocycles. The van der Waals surface area contributed by atoms with Gasteiger partial charge in [-0.25, -0.2) is 4.79 Å². The molecular weight excluding hydrogens is 242 g/mol. The van der Waals surface area contributed by atoms with Crippen LogP contribution >= 0.6 is 0 Å². The van der Waals surface area contributed by atoms with Gasteiger partial charge in [-0.2, -0.15) is 0 Å². The Labute approximate surface area is 112 Å². The molecule has 0 aliphatic carbocycles. The minimum absolute atomic E-state index is 0.0350. The average molecular weight is 258 g/mol. The summed E-state index contributed by atoms with van der Waals surface area (Å²) in [6, 6.07) is 8.04. The van der Waals surface area contributed by atoms with Crippen LogP contribution in [0.4, 0.5) is 10.5 Å². The number of amides is 3. The number of likely N-dealkylation sites (tertiary alicyclic amines) is 1. The molecule has 0 saturated carbocycles. The van der Waals surface area contributed by atoms with Crippen molar-refractivity contribution in [1.29, 1.82) is 0 Å². The number of carbonyl (C=O) groups excluding carboxylic acids is 2. The van der Waals surface area contributed by atoms with Crippen molar-refractivity contribution in [2.24, 2.45) is 0 Å². The Hall–Kier alpha value is -2.04. The average Bonchev–Trinajstić information content (AvgIpc) is 2.47. The summed E-state index contributed by atoms with van der Waals surface area (Å²) in [5.74, 6) is 0. The minimum atomic E-state index is -0.0350. The molecule has 19 heavy (non-hydrogen) atoms. The molecule has 99 valence electrons. The number of nitrogens with one attached hydrogen (secondary N) is 1. The second kappa shape index (κ2) is 4.91. The van der Waals surface area contributed by atoms with Gasteiger partial charge in [0.1, 0.15) is 0 Å². The summed E-state index contributed by atoms with van der Waals surface area (Å²) in [6.45, 7) is 2.01. The summed E-state index contributed by atoms with van der Waals surface area (Å²) >= 11 is 0. The van der Waals surface area contributed by atoms with Crippen molar-refractivity contribution in [3.63, 3.8) is 0 Å². The van der Waals surface area contributed by atoms with Crippen LogP contribution in [-0.2, 0) is 11.3 Å². The number of hydrogen-bond acceptors (Lipinski definition) is 2. The second-order valence-electron chi connectivity index (χ2n) is 5.02. The molecule has 0 spiro atoms. The Bertz CT molecular complexity index is 495. The van der Waals surface area contributed by atoms with Crippen molar-refractivity contribution in [3.05, 3.63) is 29.8 Å². The van der Waals surface area contributed by atoms with Gasteiger partial charge in [0.25, 0.3) is 0 Å². The fraction of sp³-hybridized carbons (Fsp3) is 0.429. The van der Waals surface area contributed by atoms with E-state index in [-0.39, 0.29) is 12.1 Å². The molecule has 0 unspecified atom stereocenters. The van der Waals surface area contributed by atoms with E-state index < -0.39 is 0 Å². The maximum Gasteiger partial charge on any atom is 0.322 e. The summed E-state index contributed by atoms with van der Waals surface area (Å²) in [4.78, 5) is 26.2. The maximum absolute atomic E-state index is 12.1. The fourth-order valence-corrected chi connectivity index (χ4v) is 2.79. The zero-order chi connectivity index (χ0) is 13.2. The van der Waals surface area contributed by atoms with Crippen molar-refractivity contribution in [1.82, 2.24) is 9.80 Å². The van der Waals surface area contributed by atoms with Crippen LogP contribution in [-0.4, -0.2) is 41.4 Å². The summed E-state index contributed by atoms with van der Waals surface area (Å²) in [6.07, 6.45) is 3.57. The van der Waals surface area contributed by atoms with Gasteiger partial charge in [0.2, 0.25) is 0 Å². The van der Waals surface area contributed by atoms with Crippen LogP contribution in [0.2, 0.25) is 0 Å². The molecule has 2 aliphatic rings. The number of urea groups is 1. The van der Waals surface area contributed by atoms with Crippen LogP contribution in [0.5, 0.6) is 0 Å². The molecule has 2 aliphatic heterocycles. The maximum atomic E-state index is 12.1. The molecule has 1 aromatic carbocycles.